The van der Waals surface area contributed by atoms with Crippen molar-refractivity contribution in [3.8, 4) is 0 Å². The number of aromatic nitrogens is 2. The molecule has 0 aliphatic heterocycles. The fourth-order valence-electron chi connectivity index (χ4n) is 1.28. The highest BCUT2D eigenvalue weighted by atomic mass is 32.2. The van der Waals surface area contributed by atoms with Crippen molar-refractivity contribution in [1.29, 1.82) is 0 Å². The molecule has 1 rings (SSSR count). The SMILES string of the molecule is CCNC(=O)c1ccc(NCCS(=O)(=O)CC)nn1. The molecular formula is C11H18N4O3S. The zero-order valence-electron chi connectivity index (χ0n) is 11.0. The molecule has 0 saturated carbocycles. The Morgan fingerprint density at radius 1 is 1.26 bits per heavy atom. The molecule has 106 valence electrons. The van der Waals surface area contributed by atoms with E-state index in [1.807, 2.05) is 6.92 Å². The number of carbonyl (C=O) groups excluding carboxylic acids is 1. The maximum absolute atomic E-state index is 11.4. The van der Waals surface area contributed by atoms with Gasteiger partial charge in [0.05, 0.1) is 5.75 Å². The molecule has 1 aromatic rings. The summed E-state index contributed by atoms with van der Waals surface area (Å²) in [4.78, 5) is 11.4. The minimum Gasteiger partial charge on any atom is -0.368 e. The van der Waals surface area contributed by atoms with Crippen molar-refractivity contribution in [2.75, 3.05) is 29.9 Å². The Kier molecular flexibility index (Phi) is 5.68. The lowest BCUT2D eigenvalue weighted by molar-refractivity contribution is 0.0950. The first-order chi connectivity index (χ1) is 8.98. The standard InChI is InChI=1S/C11H18N4O3S/c1-3-12-11(16)9-5-6-10(15-14-9)13-7-8-19(17,18)4-2/h5-6H,3-4,7-8H2,1-2H3,(H,12,16)(H,13,15). The lowest BCUT2D eigenvalue weighted by Gasteiger charge is -2.05. The number of nitrogens with one attached hydrogen (secondary N) is 2. The van der Waals surface area contributed by atoms with Crippen LogP contribution in [0.5, 0.6) is 0 Å². The normalized spacial score (nSPS) is 11.1. The summed E-state index contributed by atoms with van der Waals surface area (Å²) in [5.41, 5.74) is 0.230. The summed E-state index contributed by atoms with van der Waals surface area (Å²) in [5, 5.41) is 13.0. The van der Waals surface area contributed by atoms with Gasteiger partial charge < -0.3 is 10.6 Å². The van der Waals surface area contributed by atoms with Crippen molar-refractivity contribution in [2.45, 2.75) is 13.8 Å². The molecule has 0 fully saturated rings. The average Bonchev–Trinajstić information content (AvgIpc) is 2.39. The van der Waals surface area contributed by atoms with Gasteiger partial charge in [-0.15, -0.1) is 10.2 Å². The van der Waals surface area contributed by atoms with Gasteiger partial charge in [0.15, 0.2) is 15.5 Å². The van der Waals surface area contributed by atoms with Crippen molar-refractivity contribution in [3.05, 3.63) is 17.8 Å². The molecule has 0 unspecified atom stereocenters. The molecule has 0 radical (unpaired) electrons. The van der Waals surface area contributed by atoms with Crippen LogP contribution in [-0.2, 0) is 9.84 Å². The van der Waals surface area contributed by atoms with E-state index in [0.717, 1.165) is 0 Å². The number of rotatable bonds is 7. The fraction of sp³-hybridized carbons (Fsp3) is 0.545. The second-order valence-electron chi connectivity index (χ2n) is 3.83. The number of hydrogen-bond acceptors (Lipinski definition) is 6. The van der Waals surface area contributed by atoms with Gasteiger partial charge in [-0.2, -0.15) is 0 Å². The summed E-state index contributed by atoms with van der Waals surface area (Å²) < 4.78 is 22.6. The Hall–Kier alpha value is -1.70. The van der Waals surface area contributed by atoms with Crippen molar-refractivity contribution in [3.63, 3.8) is 0 Å². The molecule has 0 saturated heterocycles. The predicted molar refractivity (Wildman–Crippen MR) is 72.9 cm³/mol. The summed E-state index contributed by atoms with van der Waals surface area (Å²) in [6.07, 6.45) is 0. The molecular weight excluding hydrogens is 268 g/mol. The smallest absolute Gasteiger partial charge is 0.271 e. The van der Waals surface area contributed by atoms with Gasteiger partial charge in [-0.25, -0.2) is 8.42 Å². The number of hydrogen-bond donors (Lipinski definition) is 2. The van der Waals surface area contributed by atoms with E-state index in [1.165, 1.54) is 6.07 Å². The molecule has 2 N–H and O–H groups in total. The second kappa shape index (κ2) is 7.03. The zero-order valence-corrected chi connectivity index (χ0v) is 11.8. The van der Waals surface area contributed by atoms with Gasteiger partial charge in [0.25, 0.3) is 5.91 Å². The molecule has 1 amide bonds. The summed E-state index contributed by atoms with van der Waals surface area (Å²) >= 11 is 0. The van der Waals surface area contributed by atoms with Crippen LogP contribution in [0.4, 0.5) is 5.82 Å². The maximum Gasteiger partial charge on any atom is 0.271 e. The molecule has 1 heterocycles. The van der Waals surface area contributed by atoms with Gasteiger partial charge >= 0.3 is 0 Å². The van der Waals surface area contributed by atoms with E-state index in [0.29, 0.717) is 12.4 Å². The minimum atomic E-state index is -2.99. The topological polar surface area (TPSA) is 101 Å². The first-order valence-corrected chi connectivity index (χ1v) is 7.87. The molecule has 0 aliphatic rings. The Labute approximate surface area is 112 Å². The summed E-state index contributed by atoms with van der Waals surface area (Å²) in [5.74, 6) is 0.328. The molecule has 8 heteroatoms. The van der Waals surface area contributed by atoms with Crippen LogP contribution < -0.4 is 10.6 Å². The van der Waals surface area contributed by atoms with E-state index in [2.05, 4.69) is 20.8 Å². The van der Waals surface area contributed by atoms with Crippen LogP contribution in [0.15, 0.2) is 12.1 Å². The van der Waals surface area contributed by atoms with Gasteiger partial charge in [-0.3, -0.25) is 4.79 Å². The van der Waals surface area contributed by atoms with E-state index in [-0.39, 0.29) is 29.7 Å². The second-order valence-corrected chi connectivity index (χ2v) is 6.30. The van der Waals surface area contributed by atoms with Crippen molar-refractivity contribution >= 4 is 21.6 Å². The number of amides is 1. The van der Waals surface area contributed by atoms with Crippen LogP contribution in [0.1, 0.15) is 24.3 Å². The number of nitrogens with zero attached hydrogens (tertiary/aromatic N) is 2. The van der Waals surface area contributed by atoms with Crippen LogP contribution in [0, 0.1) is 0 Å². The third-order valence-corrected chi connectivity index (χ3v) is 4.10. The van der Waals surface area contributed by atoms with Gasteiger partial charge in [0.1, 0.15) is 5.82 Å². The Bertz CT molecular complexity index is 513. The highest BCUT2D eigenvalue weighted by molar-refractivity contribution is 7.91. The van der Waals surface area contributed by atoms with Crippen LogP contribution >= 0.6 is 0 Å². The average molecular weight is 286 g/mol. The van der Waals surface area contributed by atoms with E-state index in [9.17, 15) is 13.2 Å². The number of anilines is 1. The molecule has 0 bridgehead atoms. The minimum absolute atomic E-state index is 0.0449. The van der Waals surface area contributed by atoms with E-state index < -0.39 is 9.84 Å². The first-order valence-electron chi connectivity index (χ1n) is 6.04. The molecule has 0 spiro atoms. The maximum atomic E-state index is 11.4. The third kappa shape index (κ3) is 5.21. The lowest BCUT2D eigenvalue weighted by Crippen LogP contribution is -2.24. The lowest BCUT2D eigenvalue weighted by atomic mass is 10.3. The van der Waals surface area contributed by atoms with E-state index >= 15 is 0 Å². The largest absolute Gasteiger partial charge is 0.368 e. The Balaban J connectivity index is 2.51. The number of sulfone groups is 1. The Morgan fingerprint density at radius 3 is 2.53 bits per heavy atom. The van der Waals surface area contributed by atoms with Gasteiger partial charge in [-0.1, -0.05) is 6.92 Å². The van der Waals surface area contributed by atoms with Crippen LogP contribution in [0.2, 0.25) is 0 Å². The summed E-state index contributed by atoms with van der Waals surface area (Å²) in [6, 6.07) is 3.13. The first kappa shape index (κ1) is 15.4. The van der Waals surface area contributed by atoms with E-state index in [4.69, 9.17) is 0 Å². The van der Waals surface area contributed by atoms with Gasteiger partial charge in [0.2, 0.25) is 0 Å². The van der Waals surface area contributed by atoms with E-state index in [1.54, 1.807) is 13.0 Å². The predicted octanol–water partition coefficient (Wildman–Crippen LogP) is 0.0729. The van der Waals surface area contributed by atoms with Crippen molar-refractivity contribution in [2.24, 2.45) is 0 Å². The van der Waals surface area contributed by atoms with Crippen LogP contribution in [-0.4, -0.2) is 49.1 Å². The fourth-order valence-corrected chi connectivity index (χ4v) is 1.98. The highest BCUT2D eigenvalue weighted by Gasteiger charge is 2.08. The monoisotopic (exact) mass is 286 g/mol. The molecule has 7 nitrogen and oxygen atoms in total. The highest BCUT2D eigenvalue weighted by Crippen LogP contribution is 2.02. The molecule has 0 aliphatic carbocycles. The van der Waals surface area contributed by atoms with Gasteiger partial charge in [-0.05, 0) is 19.1 Å². The number of carbonyl (C=O) groups is 1. The zero-order chi connectivity index (χ0) is 14.3. The third-order valence-electron chi connectivity index (χ3n) is 2.39. The Morgan fingerprint density at radius 2 is 2.00 bits per heavy atom. The quantitative estimate of drug-likeness (QED) is 0.735. The molecule has 0 atom stereocenters. The molecule has 0 aromatic carbocycles. The summed E-state index contributed by atoms with van der Waals surface area (Å²) in [6.45, 7) is 4.21. The van der Waals surface area contributed by atoms with Crippen molar-refractivity contribution in [1.82, 2.24) is 15.5 Å². The van der Waals surface area contributed by atoms with Gasteiger partial charge in [0, 0.05) is 18.8 Å². The molecule has 1 aromatic heterocycles. The molecule has 19 heavy (non-hydrogen) atoms. The van der Waals surface area contributed by atoms with Crippen LogP contribution in [0.3, 0.4) is 0 Å². The van der Waals surface area contributed by atoms with Crippen molar-refractivity contribution < 1.29 is 13.2 Å². The van der Waals surface area contributed by atoms with Crippen LogP contribution in [0.25, 0.3) is 0 Å². The summed E-state index contributed by atoms with van der Waals surface area (Å²) in [7, 11) is -2.99.